The fraction of sp³-hybridized carbons (Fsp3) is 0.154. The van der Waals surface area contributed by atoms with Gasteiger partial charge in [0, 0.05) is 23.7 Å². The van der Waals surface area contributed by atoms with Crippen LogP contribution in [0.2, 0.25) is 0 Å². The second-order valence-corrected chi connectivity index (χ2v) is 5.18. The third kappa shape index (κ3) is 4.01. The largest absolute Gasteiger partial charge is 0.465 e. The molecule has 7 nitrogen and oxygen atoms in total. The van der Waals surface area contributed by atoms with Gasteiger partial charge in [0.05, 0.1) is 6.54 Å². The Morgan fingerprint density at radius 1 is 1.24 bits per heavy atom. The molecule has 2 rings (SSSR count). The molecule has 0 radical (unpaired) electrons. The number of nitrogens with zero attached hydrogens (tertiary/aromatic N) is 2. The standard InChI is InChI=1S/C13H13N3O4S/c17-12(15-20)10-3-1-9(2-4-10)7-16(13(18)19)8-11-14-5-6-21-11/h1-6,20H,7-8H2,(H,15,17)(H,18,19). The van der Waals surface area contributed by atoms with Crippen LogP contribution in [0.5, 0.6) is 0 Å². The summed E-state index contributed by atoms with van der Waals surface area (Å²) >= 11 is 1.39. The molecule has 0 saturated heterocycles. The Morgan fingerprint density at radius 3 is 2.48 bits per heavy atom. The topological polar surface area (TPSA) is 103 Å². The third-order valence-electron chi connectivity index (χ3n) is 2.77. The number of nitrogens with one attached hydrogen (secondary N) is 1. The van der Waals surface area contributed by atoms with Gasteiger partial charge < -0.3 is 5.11 Å². The molecule has 3 N–H and O–H groups in total. The van der Waals surface area contributed by atoms with Crippen molar-refractivity contribution < 1.29 is 19.9 Å². The molecule has 0 aliphatic rings. The molecular weight excluding hydrogens is 294 g/mol. The predicted octanol–water partition coefficient (Wildman–Crippen LogP) is 1.94. The van der Waals surface area contributed by atoms with E-state index in [0.717, 1.165) is 5.56 Å². The number of carboxylic acid groups (broad SMARTS) is 1. The van der Waals surface area contributed by atoms with E-state index in [2.05, 4.69) is 4.98 Å². The lowest BCUT2D eigenvalue weighted by Gasteiger charge is -2.18. The van der Waals surface area contributed by atoms with E-state index in [1.807, 2.05) is 0 Å². The van der Waals surface area contributed by atoms with Crippen LogP contribution >= 0.6 is 11.3 Å². The summed E-state index contributed by atoms with van der Waals surface area (Å²) in [5.74, 6) is -0.612. The minimum Gasteiger partial charge on any atom is -0.465 e. The predicted molar refractivity (Wildman–Crippen MR) is 75.1 cm³/mol. The number of aromatic nitrogens is 1. The zero-order valence-corrected chi connectivity index (χ0v) is 11.7. The highest BCUT2D eigenvalue weighted by atomic mass is 32.1. The van der Waals surface area contributed by atoms with Crippen LogP contribution in [0, 0.1) is 0 Å². The summed E-state index contributed by atoms with van der Waals surface area (Å²) in [5, 5.41) is 20.3. The number of hydroxylamine groups is 1. The lowest BCUT2D eigenvalue weighted by Crippen LogP contribution is -2.28. The van der Waals surface area contributed by atoms with Gasteiger partial charge >= 0.3 is 6.09 Å². The van der Waals surface area contributed by atoms with Gasteiger partial charge in [-0.15, -0.1) is 11.3 Å². The molecule has 21 heavy (non-hydrogen) atoms. The molecule has 0 spiro atoms. The van der Waals surface area contributed by atoms with Gasteiger partial charge in [-0.25, -0.2) is 15.3 Å². The maximum absolute atomic E-state index is 11.3. The second-order valence-electron chi connectivity index (χ2n) is 4.20. The van der Waals surface area contributed by atoms with Gasteiger partial charge in [-0.05, 0) is 17.7 Å². The fourth-order valence-corrected chi connectivity index (χ4v) is 2.36. The van der Waals surface area contributed by atoms with E-state index in [1.54, 1.807) is 23.7 Å². The van der Waals surface area contributed by atoms with E-state index >= 15 is 0 Å². The number of hydrogen-bond donors (Lipinski definition) is 3. The van der Waals surface area contributed by atoms with Crippen molar-refractivity contribution in [2.45, 2.75) is 13.1 Å². The Balaban J connectivity index is 2.06. The average Bonchev–Trinajstić information content (AvgIpc) is 2.99. The highest BCUT2D eigenvalue weighted by Gasteiger charge is 2.14. The SMILES string of the molecule is O=C(NO)c1ccc(CN(Cc2nccs2)C(=O)O)cc1. The Bertz CT molecular complexity index is 613. The second kappa shape index (κ2) is 6.82. The Morgan fingerprint density at radius 2 is 1.95 bits per heavy atom. The molecule has 1 aromatic heterocycles. The maximum Gasteiger partial charge on any atom is 0.407 e. The molecule has 0 saturated carbocycles. The van der Waals surface area contributed by atoms with Crippen molar-refractivity contribution in [1.29, 1.82) is 0 Å². The van der Waals surface area contributed by atoms with Crippen molar-refractivity contribution in [3.8, 4) is 0 Å². The normalized spacial score (nSPS) is 10.1. The monoisotopic (exact) mass is 307 g/mol. The van der Waals surface area contributed by atoms with Crippen molar-refractivity contribution in [2.75, 3.05) is 0 Å². The molecule has 8 heteroatoms. The van der Waals surface area contributed by atoms with Crippen LogP contribution in [0.3, 0.4) is 0 Å². The number of carbonyl (C=O) groups is 2. The van der Waals surface area contributed by atoms with E-state index < -0.39 is 12.0 Å². The van der Waals surface area contributed by atoms with Gasteiger partial charge in [0.25, 0.3) is 5.91 Å². The summed E-state index contributed by atoms with van der Waals surface area (Å²) < 4.78 is 0. The van der Waals surface area contributed by atoms with Crippen LogP contribution in [-0.4, -0.2) is 32.2 Å². The van der Waals surface area contributed by atoms with Gasteiger partial charge in [-0.3, -0.25) is 14.9 Å². The van der Waals surface area contributed by atoms with Crippen molar-refractivity contribution in [2.24, 2.45) is 0 Å². The molecule has 1 heterocycles. The van der Waals surface area contributed by atoms with E-state index in [9.17, 15) is 14.7 Å². The number of benzene rings is 1. The first-order valence-corrected chi connectivity index (χ1v) is 6.87. The van der Waals surface area contributed by atoms with Crippen LogP contribution in [0.15, 0.2) is 35.8 Å². The van der Waals surface area contributed by atoms with Crippen molar-refractivity contribution in [1.82, 2.24) is 15.4 Å². The van der Waals surface area contributed by atoms with Gasteiger partial charge in [0.15, 0.2) is 0 Å². The highest BCUT2D eigenvalue weighted by Crippen LogP contribution is 2.13. The molecule has 1 aromatic carbocycles. The number of amides is 2. The Labute approximate surface area is 124 Å². The van der Waals surface area contributed by atoms with Crippen molar-refractivity contribution >= 4 is 23.3 Å². The van der Waals surface area contributed by atoms with E-state index in [1.165, 1.54) is 33.8 Å². The van der Waals surface area contributed by atoms with E-state index in [-0.39, 0.29) is 13.1 Å². The van der Waals surface area contributed by atoms with Crippen LogP contribution in [0.4, 0.5) is 4.79 Å². The zero-order chi connectivity index (χ0) is 15.2. The van der Waals surface area contributed by atoms with E-state index in [0.29, 0.717) is 10.6 Å². The highest BCUT2D eigenvalue weighted by molar-refractivity contribution is 7.09. The summed E-state index contributed by atoms with van der Waals surface area (Å²) in [7, 11) is 0. The molecule has 2 amide bonds. The van der Waals surface area contributed by atoms with Crippen LogP contribution < -0.4 is 5.48 Å². The molecular formula is C13H13N3O4S. The van der Waals surface area contributed by atoms with E-state index in [4.69, 9.17) is 5.21 Å². The maximum atomic E-state index is 11.3. The minimum absolute atomic E-state index is 0.190. The average molecular weight is 307 g/mol. The van der Waals surface area contributed by atoms with Crippen LogP contribution in [0.25, 0.3) is 0 Å². The quantitative estimate of drug-likeness (QED) is 0.578. The molecule has 0 fully saturated rings. The lowest BCUT2D eigenvalue weighted by atomic mass is 10.1. The molecule has 0 bridgehead atoms. The summed E-state index contributed by atoms with van der Waals surface area (Å²) in [4.78, 5) is 27.7. The Hall–Kier alpha value is -2.45. The third-order valence-corrected chi connectivity index (χ3v) is 3.54. The van der Waals surface area contributed by atoms with Crippen molar-refractivity contribution in [3.63, 3.8) is 0 Å². The first-order chi connectivity index (χ1) is 10.1. The van der Waals surface area contributed by atoms with Gasteiger partial charge in [0.2, 0.25) is 0 Å². The van der Waals surface area contributed by atoms with Crippen molar-refractivity contribution in [3.05, 3.63) is 52.0 Å². The summed E-state index contributed by atoms with van der Waals surface area (Å²) in [5.41, 5.74) is 2.57. The van der Waals surface area contributed by atoms with Crippen LogP contribution in [0.1, 0.15) is 20.9 Å². The molecule has 0 unspecified atom stereocenters. The first-order valence-electron chi connectivity index (χ1n) is 5.99. The number of rotatable bonds is 5. The molecule has 2 aromatic rings. The first kappa shape index (κ1) is 14.9. The van der Waals surface area contributed by atoms with Crippen LogP contribution in [-0.2, 0) is 13.1 Å². The van der Waals surface area contributed by atoms with Gasteiger partial charge in [0.1, 0.15) is 5.01 Å². The zero-order valence-electron chi connectivity index (χ0n) is 10.9. The lowest BCUT2D eigenvalue weighted by molar-refractivity contribution is 0.0706. The smallest absolute Gasteiger partial charge is 0.407 e. The fourth-order valence-electron chi connectivity index (χ4n) is 1.73. The summed E-state index contributed by atoms with van der Waals surface area (Å²) in [6.45, 7) is 0.405. The molecule has 0 atom stereocenters. The van der Waals surface area contributed by atoms with Gasteiger partial charge in [-0.2, -0.15) is 0 Å². The number of thiazole rings is 1. The minimum atomic E-state index is -1.04. The molecule has 110 valence electrons. The number of carbonyl (C=O) groups excluding carboxylic acids is 1. The summed E-state index contributed by atoms with van der Waals surface area (Å²) in [6, 6.07) is 6.32. The molecule has 0 aliphatic carbocycles. The molecule has 0 aliphatic heterocycles. The Kier molecular flexibility index (Phi) is 4.85. The van der Waals surface area contributed by atoms with Gasteiger partial charge in [-0.1, -0.05) is 12.1 Å². The number of hydrogen-bond acceptors (Lipinski definition) is 5. The summed E-state index contributed by atoms with van der Waals surface area (Å²) in [6.07, 6.45) is 0.588.